The Morgan fingerprint density at radius 3 is 2.40 bits per heavy atom. The summed E-state index contributed by atoms with van der Waals surface area (Å²) in [6.45, 7) is 1.02. The molecule has 2 atom stereocenters. The van der Waals surface area contributed by atoms with Gasteiger partial charge >= 0.3 is 11.9 Å². The Morgan fingerprint density at radius 2 is 2.00 bits per heavy atom. The molecule has 2 N–H and O–H groups in total. The molecule has 1 aliphatic carbocycles. The minimum absolute atomic E-state index is 0.781. The molecule has 0 fully saturated rings. The zero-order chi connectivity index (χ0) is 11.9. The molecule has 1 rings (SSSR count). The van der Waals surface area contributed by atoms with Gasteiger partial charge in [0.05, 0.1) is 5.57 Å². The molecule has 82 valence electrons. The normalized spacial score (nSPS) is 34.7. The van der Waals surface area contributed by atoms with Crippen molar-refractivity contribution in [3.63, 3.8) is 0 Å². The van der Waals surface area contributed by atoms with Crippen molar-refractivity contribution in [3.8, 4) is 0 Å². The summed E-state index contributed by atoms with van der Waals surface area (Å²) in [7, 11) is 0. The van der Waals surface area contributed by atoms with E-state index in [1.807, 2.05) is 0 Å². The van der Waals surface area contributed by atoms with Gasteiger partial charge in [-0.05, 0) is 13.0 Å². The summed E-state index contributed by atoms with van der Waals surface area (Å²) < 4.78 is 14.0. The van der Waals surface area contributed by atoms with Crippen molar-refractivity contribution < 1.29 is 24.2 Å². The van der Waals surface area contributed by atoms with Crippen LogP contribution in [-0.2, 0) is 9.59 Å². The first kappa shape index (κ1) is 11.7. The minimum atomic E-state index is -2.96. The van der Waals surface area contributed by atoms with Crippen LogP contribution in [0.15, 0.2) is 23.8 Å². The van der Waals surface area contributed by atoms with Crippen LogP contribution in [0.3, 0.4) is 0 Å². The second-order valence-electron chi connectivity index (χ2n) is 3.33. The number of carboxylic acids is 2. The Kier molecular flexibility index (Phi) is 2.61. The smallest absolute Gasteiger partial charge is 0.336 e. The van der Waals surface area contributed by atoms with Gasteiger partial charge in [-0.15, -0.1) is 0 Å². The van der Waals surface area contributed by atoms with Crippen LogP contribution < -0.4 is 0 Å². The molecule has 4 nitrogen and oxygen atoms in total. The predicted octanol–water partition coefficient (Wildman–Crippen LogP) is 1.56. The number of carbonyl (C=O) groups is 2. The lowest BCUT2D eigenvalue weighted by atomic mass is 9.77. The first-order valence-electron chi connectivity index (χ1n) is 3.98. The van der Waals surface area contributed by atoms with Gasteiger partial charge < -0.3 is 10.2 Å². The Bertz CT molecular complexity index is 386. The van der Waals surface area contributed by atoms with Gasteiger partial charge in [0.2, 0.25) is 5.13 Å². The number of aliphatic carboxylic acids is 2. The van der Waals surface area contributed by atoms with Crippen LogP contribution in [0.4, 0.5) is 4.39 Å². The average Bonchev–Trinajstić information content (AvgIpc) is 2.08. The van der Waals surface area contributed by atoms with Crippen molar-refractivity contribution in [1.82, 2.24) is 0 Å². The summed E-state index contributed by atoms with van der Waals surface area (Å²) in [5.74, 6) is -3.10. The highest BCUT2D eigenvalue weighted by molar-refractivity contribution is 6.30. The molecule has 0 amide bonds. The van der Waals surface area contributed by atoms with Crippen molar-refractivity contribution in [2.24, 2.45) is 5.41 Å². The standard InChI is InChI=1S/C9H8ClFO4/c1-8(7(14)15)4-2-3-5(6(12)13)9(8,10)11/h2-4H,1H3,(H,12,13)(H,14,15). The first-order valence-corrected chi connectivity index (χ1v) is 4.36. The van der Waals surface area contributed by atoms with Gasteiger partial charge in [-0.3, -0.25) is 4.79 Å². The maximum absolute atomic E-state index is 14.0. The van der Waals surface area contributed by atoms with Crippen molar-refractivity contribution in [2.75, 3.05) is 0 Å². The number of rotatable bonds is 2. The largest absolute Gasteiger partial charge is 0.480 e. The van der Waals surface area contributed by atoms with E-state index in [1.165, 1.54) is 0 Å². The number of carboxylic acid groups (broad SMARTS) is 2. The highest BCUT2D eigenvalue weighted by Crippen LogP contribution is 2.47. The van der Waals surface area contributed by atoms with Crippen molar-refractivity contribution >= 4 is 23.5 Å². The topological polar surface area (TPSA) is 74.6 Å². The molecule has 0 heterocycles. The summed E-state index contributed by atoms with van der Waals surface area (Å²) >= 11 is 5.39. The molecular formula is C9H8ClFO4. The van der Waals surface area contributed by atoms with E-state index >= 15 is 0 Å². The minimum Gasteiger partial charge on any atom is -0.480 e. The molecule has 0 aliphatic heterocycles. The highest BCUT2D eigenvalue weighted by atomic mass is 35.5. The molecule has 6 heteroatoms. The van der Waals surface area contributed by atoms with Crippen LogP contribution in [0.1, 0.15) is 6.92 Å². The third-order valence-corrected chi connectivity index (χ3v) is 2.95. The highest BCUT2D eigenvalue weighted by Gasteiger charge is 2.57. The van der Waals surface area contributed by atoms with Gasteiger partial charge in [0.25, 0.3) is 0 Å². The van der Waals surface area contributed by atoms with Crippen LogP contribution in [0, 0.1) is 5.41 Å². The van der Waals surface area contributed by atoms with Gasteiger partial charge in [-0.2, -0.15) is 0 Å². The van der Waals surface area contributed by atoms with E-state index in [-0.39, 0.29) is 0 Å². The molecule has 1 aliphatic rings. The summed E-state index contributed by atoms with van der Waals surface area (Å²) in [6.07, 6.45) is 3.13. The average molecular weight is 235 g/mol. The molecule has 0 aromatic carbocycles. The molecule has 0 bridgehead atoms. The maximum atomic E-state index is 14.0. The Labute approximate surface area is 89.7 Å². The number of allylic oxidation sites excluding steroid dienone is 2. The fourth-order valence-electron chi connectivity index (χ4n) is 1.24. The molecular weight excluding hydrogens is 227 g/mol. The van der Waals surface area contributed by atoms with Crippen LogP contribution >= 0.6 is 11.6 Å². The molecule has 0 aromatic rings. The first-order chi connectivity index (χ1) is 6.73. The zero-order valence-corrected chi connectivity index (χ0v) is 8.45. The van der Waals surface area contributed by atoms with Crippen molar-refractivity contribution in [1.29, 1.82) is 0 Å². The van der Waals surface area contributed by atoms with Gasteiger partial charge in [-0.25, -0.2) is 9.18 Å². The number of alkyl halides is 2. The monoisotopic (exact) mass is 234 g/mol. The number of halogens is 2. The SMILES string of the molecule is CC1(C(=O)O)C=CC=C(C(=O)O)C1(F)Cl. The van der Waals surface area contributed by atoms with Crippen LogP contribution in [0.2, 0.25) is 0 Å². The molecule has 0 saturated carbocycles. The van der Waals surface area contributed by atoms with E-state index < -0.39 is 28.1 Å². The molecule has 15 heavy (non-hydrogen) atoms. The quantitative estimate of drug-likeness (QED) is 0.711. The fourth-order valence-corrected chi connectivity index (χ4v) is 1.52. The van der Waals surface area contributed by atoms with Crippen molar-refractivity contribution in [2.45, 2.75) is 12.1 Å². The molecule has 0 spiro atoms. The van der Waals surface area contributed by atoms with E-state index in [1.54, 1.807) is 0 Å². The molecule has 2 unspecified atom stereocenters. The van der Waals surface area contributed by atoms with E-state index in [0.29, 0.717) is 0 Å². The summed E-state index contributed by atoms with van der Waals surface area (Å²) in [5.41, 5.74) is -2.87. The zero-order valence-electron chi connectivity index (χ0n) is 7.70. The third-order valence-electron chi connectivity index (χ3n) is 2.36. The van der Waals surface area contributed by atoms with Gasteiger partial charge in [0.15, 0.2) is 0 Å². The molecule has 0 saturated heterocycles. The van der Waals surface area contributed by atoms with Gasteiger partial charge in [0.1, 0.15) is 5.41 Å². The summed E-state index contributed by atoms with van der Waals surface area (Å²) in [6, 6.07) is 0. The Balaban J connectivity index is 3.32. The second-order valence-corrected chi connectivity index (χ2v) is 3.85. The summed E-state index contributed by atoms with van der Waals surface area (Å²) in [4.78, 5) is 21.5. The number of hydrogen-bond donors (Lipinski definition) is 2. The van der Waals surface area contributed by atoms with Gasteiger partial charge in [0, 0.05) is 0 Å². The Morgan fingerprint density at radius 1 is 1.47 bits per heavy atom. The van der Waals surface area contributed by atoms with Crippen LogP contribution in [0.5, 0.6) is 0 Å². The lowest BCUT2D eigenvalue weighted by Crippen LogP contribution is -2.47. The fraction of sp³-hybridized carbons (Fsp3) is 0.333. The summed E-state index contributed by atoms with van der Waals surface area (Å²) in [5, 5.41) is 14.5. The van der Waals surface area contributed by atoms with Gasteiger partial charge in [-0.1, -0.05) is 23.8 Å². The van der Waals surface area contributed by atoms with Crippen molar-refractivity contribution in [3.05, 3.63) is 23.8 Å². The molecule has 0 radical (unpaired) electrons. The van der Waals surface area contributed by atoms with E-state index in [0.717, 1.165) is 25.2 Å². The van der Waals surface area contributed by atoms with Crippen LogP contribution in [-0.4, -0.2) is 27.3 Å². The lowest BCUT2D eigenvalue weighted by Gasteiger charge is -2.34. The lowest BCUT2D eigenvalue weighted by molar-refractivity contribution is -0.149. The predicted molar refractivity (Wildman–Crippen MR) is 50.3 cm³/mol. The second kappa shape index (κ2) is 3.34. The molecule has 0 aromatic heterocycles. The van der Waals surface area contributed by atoms with E-state index in [9.17, 15) is 14.0 Å². The van der Waals surface area contributed by atoms with E-state index in [2.05, 4.69) is 0 Å². The number of hydrogen-bond acceptors (Lipinski definition) is 2. The van der Waals surface area contributed by atoms with Crippen LogP contribution in [0.25, 0.3) is 0 Å². The maximum Gasteiger partial charge on any atom is 0.336 e. The third kappa shape index (κ3) is 1.52. The van der Waals surface area contributed by atoms with E-state index in [4.69, 9.17) is 21.8 Å². The Hall–Kier alpha value is -1.36.